The smallest absolute Gasteiger partial charge is 0.0247 e. The van der Waals surface area contributed by atoms with Crippen molar-refractivity contribution in [3.63, 3.8) is 0 Å². The molecule has 3 unspecified atom stereocenters. The molecular weight excluding hydrogens is 208 g/mol. The molecule has 2 nitrogen and oxygen atoms in total. The number of hydrogen-bond donors (Lipinski definition) is 1. The number of piperazine rings is 1. The Bertz CT molecular complexity index is 203. The first-order chi connectivity index (χ1) is 8.10. The van der Waals surface area contributed by atoms with Gasteiger partial charge in [0.2, 0.25) is 0 Å². The molecule has 1 fully saturated rings. The molecule has 0 aromatic rings. The lowest BCUT2D eigenvalue weighted by molar-refractivity contribution is 0.0565. The first-order valence-corrected chi connectivity index (χ1v) is 7.59. The zero-order valence-electron chi connectivity index (χ0n) is 12.5. The van der Waals surface area contributed by atoms with Crippen LogP contribution in [0.1, 0.15) is 60.3 Å². The highest BCUT2D eigenvalue weighted by atomic mass is 15.3. The summed E-state index contributed by atoms with van der Waals surface area (Å²) in [6, 6.07) is 2.19. The summed E-state index contributed by atoms with van der Waals surface area (Å²) in [6.07, 6.45) is 5.25. The van der Waals surface area contributed by atoms with Crippen molar-refractivity contribution in [2.24, 2.45) is 5.92 Å². The fourth-order valence-electron chi connectivity index (χ4n) is 3.11. The molecule has 0 saturated carbocycles. The lowest BCUT2D eigenvalue weighted by atomic mass is 9.94. The van der Waals surface area contributed by atoms with E-state index in [2.05, 4.69) is 44.8 Å². The Kier molecular flexibility index (Phi) is 6.50. The molecule has 1 aliphatic rings. The van der Waals surface area contributed by atoms with Gasteiger partial charge in [-0.2, -0.15) is 0 Å². The first-order valence-electron chi connectivity index (χ1n) is 7.59. The Morgan fingerprint density at radius 1 is 1.18 bits per heavy atom. The van der Waals surface area contributed by atoms with Crippen molar-refractivity contribution in [3.05, 3.63) is 0 Å². The minimum Gasteiger partial charge on any atom is -0.311 e. The van der Waals surface area contributed by atoms with Crippen LogP contribution >= 0.6 is 0 Å². The fraction of sp³-hybridized carbons (Fsp3) is 1.00. The van der Waals surface area contributed by atoms with E-state index >= 15 is 0 Å². The van der Waals surface area contributed by atoms with E-state index in [0.29, 0.717) is 6.04 Å². The molecule has 1 N–H and O–H groups in total. The van der Waals surface area contributed by atoms with Crippen molar-refractivity contribution < 1.29 is 0 Å². The zero-order valence-corrected chi connectivity index (χ0v) is 12.5. The molecule has 0 radical (unpaired) electrons. The highest BCUT2D eigenvalue weighted by molar-refractivity contribution is 4.89. The first kappa shape index (κ1) is 15.0. The molecule has 1 rings (SSSR count). The van der Waals surface area contributed by atoms with Crippen molar-refractivity contribution in [2.45, 2.75) is 78.4 Å². The average molecular weight is 240 g/mol. The second kappa shape index (κ2) is 7.38. The Balaban J connectivity index is 2.61. The van der Waals surface area contributed by atoms with E-state index in [1.807, 2.05) is 0 Å². The predicted molar refractivity (Wildman–Crippen MR) is 76.4 cm³/mol. The van der Waals surface area contributed by atoms with Crippen molar-refractivity contribution in [1.82, 2.24) is 10.2 Å². The molecule has 1 heterocycles. The van der Waals surface area contributed by atoms with Crippen LogP contribution in [-0.2, 0) is 0 Å². The van der Waals surface area contributed by atoms with E-state index in [4.69, 9.17) is 0 Å². The third-order valence-corrected chi connectivity index (χ3v) is 4.15. The summed E-state index contributed by atoms with van der Waals surface area (Å²) in [7, 11) is 0. The van der Waals surface area contributed by atoms with E-state index in [9.17, 15) is 0 Å². The van der Waals surface area contributed by atoms with Crippen LogP contribution in [0, 0.1) is 5.92 Å². The van der Waals surface area contributed by atoms with Crippen molar-refractivity contribution in [2.75, 3.05) is 13.1 Å². The second-order valence-corrected chi connectivity index (χ2v) is 6.04. The molecule has 102 valence electrons. The maximum absolute atomic E-state index is 3.74. The average Bonchev–Trinajstić information content (AvgIpc) is 2.29. The van der Waals surface area contributed by atoms with Gasteiger partial charge in [0.25, 0.3) is 0 Å². The van der Waals surface area contributed by atoms with Crippen molar-refractivity contribution in [3.8, 4) is 0 Å². The second-order valence-electron chi connectivity index (χ2n) is 6.04. The minimum absolute atomic E-state index is 0.717. The van der Waals surface area contributed by atoms with Gasteiger partial charge in [-0.15, -0.1) is 0 Å². The van der Waals surface area contributed by atoms with Crippen LogP contribution in [0.4, 0.5) is 0 Å². The van der Waals surface area contributed by atoms with Gasteiger partial charge in [-0.25, -0.2) is 0 Å². The molecule has 17 heavy (non-hydrogen) atoms. The number of rotatable bonds is 6. The summed E-state index contributed by atoms with van der Waals surface area (Å²) in [5.74, 6) is 0.754. The maximum Gasteiger partial charge on any atom is 0.0247 e. The van der Waals surface area contributed by atoms with Crippen LogP contribution in [0.25, 0.3) is 0 Å². The van der Waals surface area contributed by atoms with Crippen molar-refractivity contribution in [1.29, 1.82) is 0 Å². The van der Waals surface area contributed by atoms with E-state index in [-0.39, 0.29) is 0 Å². The summed E-state index contributed by atoms with van der Waals surface area (Å²) in [5, 5.41) is 3.74. The lowest BCUT2D eigenvalue weighted by Crippen LogP contribution is -2.60. The largest absolute Gasteiger partial charge is 0.311 e. The standard InChI is InChI=1S/C15H32N2/c1-6-8-13(5)17-11-14(9-7-2)16-10-15(17)12(3)4/h12-16H,6-11H2,1-5H3. The van der Waals surface area contributed by atoms with Gasteiger partial charge < -0.3 is 5.32 Å². The number of nitrogens with zero attached hydrogens (tertiary/aromatic N) is 1. The van der Waals surface area contributed by atoms with Crippen LogP contribution < -0.4 is 5.32 Å². The normalized spacial score (nSPS) is 28.6. The summed E-state index contributed by atoms with van der Waals surface area (Å²) < 4.78 is 0. The van der Waals surface area contributed by atoms with Crippen LogP contribution in [-0.4, -0.2) is 36.1 Å². The molecule has 1 saturated heterocycles. The minimum atomic E-state index is 0.717. The quantitative estimate of drug-likeness (QED) is 0.766. The molecule has 3 atom stereocenters. The summed E-state index contributed by atoms with van der Waals surface area (Å²) >= 11 is 0. The van der Waals surface area contributed by atoms with Gasteiger partial charge in [-0.05, 0) is 25.7 Å². The monoisotopic (exact) mass is 240 g/mol. The van der Waals surface area contributed by atoms with Crippen LogP contribution in [0.15, 0.2) is 0 Å². The SMILES string of the molecule is CCCC1CN(C(C)CCC)C(C(C)C)CN1. The van der Waals surface area contributed by atoms with E-state index in [0.717, 1.165) is 18.0 Å². The molecule has 0 amide bonds. The summed E-state index contributed by atoms with van der Waals surface area (Å²) in [5.41, 5.74) is 0. The van der Waals surface area contributed by atoms with Crippen molar-refractivity contribution >= 4 is 0 Å². The zero-order chi connectivity index (χ0) is 12.8. The van der Waals surface area contributed by atoms with E-state index < -0.39 is 0 Å². The highest BCUT2D eigenvalue weighted by Crippen LogP contribution is 2.21. The molecule has 0 aliphatic carbocycles. The maximum atomic E-state index is 3.74. The Hall–Kier alpha value is -0.0800. The molecule has 1 aliphatic heterocycles. The molecule has 2 heteroatoms. The predicted octanol–water partition coefficient (Wildman–Crippen LogP) is 3.27. The van der Waals surface area contributed by atoms with Gasteiger partial charge in [0, 0.05) is 31.2 Å². The summed E-state index contributed by atoms with van der Waals surface area (Å²) in [4.78, 5) is 2.77. The van der Waals surface area contributed by atoms with Crippen LogP contribution in [0.5, 0.6) is 0 Å². The third kappa shape index (κ3) is 4.26. The van der Waals surface area contributed by atoms with Gasteiger partial charge >= 0.3 is 0 Å². The number of nitrogens with one attached hydrogen (secondary N) is 1. The summed E-state index contributed by atoms with van der Waals surface area (Å²) in [6.45, 7) is 14.1. The number of hydrogen-bond acceptors (Lipinski definition) is 2. The molecule has 0 aromatic heterocycles. The van der Waals surface area contributed by atoms with E-state index in [1.54, 1.807) is 0 Å². The molecule has 0 aromatic carbocycles. The van der Waals surface area contributed by atoms with Crippen LogP contribution in [0.2, 0.25) is 0 Å². The van der Waals surface area contributed by atoms with Gasteiger partial charge in [0.15, 0.2) is 0 Å². The topological polar surface area (TPSA) is 15.3 Å². The van der Waals surface area contributed by atoms with Gasteiger partial charge in [0.1, 0.15) is 0 Å². The van der Waals surface area contributed by atoms with Crippen LogP contribution in [0.3, 0.4) is 0 Å². The lowest BCUT2D eigenvalue weighted by Gasteiger charge is -2.45. The van der Waals surface area contributed by atoms with Gasteiger partial charge in [-0.3, -0.25) is 4.90 Å². The molecular formula is C15H32N2. The third-order valence-electron chi connectivity index (χ3n) is 4.15. The Morgan fingerprint density at radius 3 is 2.41 bits per heavy atom. The van der Waals surface area contributed by atoms with E-state index in [1.165, 1.54) is 38.8 Å². The van der Waals surface area contributed by atoms with Gasteiger partial charge in [-0.1, -0.05) is 40.5 Å². The highest BCUT2D eigenvalue weighted by Gasteiger charge is 2.31. The Labute approximate surface area is 108 Å². The molecule has 0 bridgehead atoms. The fourth-order valence-corrected chi connectivity index (χ4v) is 3.11. The van der Waals surface area contributed by atoms with Gasteiger partial charge in [0.05, 0.1) is 0 Å². The molecule has 0 spiro atoms. The Morgan fingerprint density at radius 2 is 1.88 bits per heavy atom.